The van der Waals surface area contributed by atoms with Gasteiger partial charge in [-0.2, -0.15) is 0 Å². The number of carbonyl (C=O) groups is 1. The number of nitrogens with one attached hydrogen (secondary N) is 1. The van der Waals surface area contributed by atoms with Crippen LogP contribution in [0.1, 0.15) is 37.3 Å². The van der Waals surface area contributed by atoms with Crippen molar-refractivity contribution in [2.24, 2.45) is 0 Å². The van der Waals surface area contributed by atoms with Crippen molar-refractivity contribution in [1.82, 2.24) is 19.8 Å². The van der Waals surface area contributed by atoms with E-state index < -0.39 is 0 Å². The van der Waals surface area contributed by atoms with Crippen LogP contribution in [-0.4, -0.2) is 27.0 Å². The second kappa shape index (κ2) is 6.12. The zero-order valence-corrected chi connectivity index (χ0v) is 14.2. The van der Waals surface area contributed by atoms with Crippen molar-refractivity contribution in [3.8, 4) is 0 Å². The van der Waals surface area contributed by atoms with Gasteiger partial charge in [0.05, 0.1) is 17.8 Å². The monoisotopic (exact) mass is 362 g/mol. The van der Waals surface area contributed by atoms with E-state index in [0.717, 1.165) is 23.3 Å². The molecule has 2 unspecified atom stereocenters. The van der Waals surface area contributed by atoms with Gasteiger partial charge in [0.2, 0.25) is 0 Å². The van der Waals surface area contributed by atoms with Crippen molar-refractivity contribution < 1.29 is 4.79 Å². The van der Waals surface area contributed by atoms with Crippen LogP contribution in [0.15, 0.2) is 41.1 Å². The summed E-state index contributed by atoms with van der Waals surface area (Å²) in [7, 11) is 0. The number of halogens is 1. The van der Waals surface area contributed by atoms with E-state index in [2.05, 4.69) is 50.0 Å². The van der Waals surface area contributed by atoms with Crippen LogP contribution >= 0.6 is 15.9 Å². The Morgan fingerprint density at radius 3 is 2.95 bits per heavy atom. The topological polar surface area (TPSA) is 50.2 Å². The van der Waals surface area contributed by atoms with Gasteiger partial charge in [-0.1, -0.05) is 0 Å². The van der Waals surface area contributed by atoms with Crippen molar-refractivity contribution in [3.05, 3.63) is 52.5 Å². The van der Waals surface area contributed by atoms with Gasteiger partial charge in [-0.05, 0) is 54.0 Å². The first-order valence-corrected chi connectivity index (χ1v) is 8.19. The third-order valence-electron chi connectivity index (χ3n) is 4.14. The fourth-order valence-electron chi connectivity index (χ4n) is 2.84. The molecule has 22 heavy (non-hydrogen) atoms. The molecular weight excluding hydrogens is 344 g/mol. The molecule has 2 amide bonds. The minimum Gasteiger partial charge on any atom is -0.348 e. The summed E-state index contributed by atoms with van der Waals surface area (Å²) in [6, 6.07) is 7.86. The number of hydrogen-bond acceptors (Lipinski definition) is 2. The third kappa shape index (κ3) is 2.88. The summed E-state index contributed by atoms with van der Waals surface area (Å²) in [4.78, 5) is 18.8. The zero-order chi connectivity index (χ0) is 15.7. The van der Waals surface area contributed by atoms with Gasteiger partial charge < -0.3 is 14.8 Å². The maximum absolute atomic E-state index is 12.6. The summed E-state index contributed by atoms with van der Waals surface area (Å²) in [6.07, 6.45) is 3.81. The van der Waals surface area contributed by atoms with Crippen LogP contribution in [-0.2, 0) is 6.54 Å². The van der Waals surface area contributed by atoms with E-state index in [0.29, 0.717) is 0 Å². The minimum atomic E-state index is -0.124. The molecule has 0 saturated carbocycles. The molecule has 0 aliphatic carbocycles. The van der Waals surface area contributed by atoms with E-state index in [1.807, 2.05) is 30.0 Å². The summed E-state index contributed by atoms with van der Waals surface area (Å²) < 4.78 is 3.13. The second-order valence-electron chi connectivity index (χ2n) is 5.57. The van der Waals surface area contributed by atoms with Crippen molar-refractivity contribution in [2.45, 2.75) is 32.5 Å². The molecule has 3 heterocycles. The molecular formula is C16H19BrN4O. The Hall–Kier alpha value is -1.82. The van der Waals surface area contributed by atoms with Crippen molar-refractivity contribution in [2.75, 3.05) is 6.54 Å². The largest absolute Gasteiger partial charge is 0.348 e. The highest BCUT2D eigenvalue weighted by molar-refractivity contribution is 9.10. The Morgan fingerprint density at radius 2 is 2.23 bits per heavy atom. The van der Waals surface area contributed by atoms with Crippen LogP contribution in [0.5, 0.6) is 0 Å². The Morgan fingerprint density at radius 1 is 1.41 bits per heavy atom. The number of aromatic nitrogens is 2. The minimum absolute atomic E-state index is 0.0443. The molecule has 1 N–H and O–H groups in total. The molecule has 6 heteroatoms. The van der Waals surface area contributed by atoms with Gasteiger partial charge in [-0.15, -0.1) is 0 Å². The zero-order valence-electron chi connectivity index (χ0n) is 12.7. The van der Waals surface area contributed by atoms with Gasteiger partial charge in [0.25, 0.3) is 0 Å². The number of hydrogen-bond donors (Lipinski definition) is 1. The maximum atomic E-state index is 12.6. The molecule has 2 aromatic rings. The highest BCUT2D eigenvalue weighted by Crippen LogP contribution is 2.25. The predicted octanol–water partition coefficient (Wildman–Crippen LogP) is 3.49. The number of nitrogens with zero attached hydrogens (tertiary/aromatic N) is 3. The van der Waals surface area contributed by atoms with E-state index in [1.165, 1.54) is 5.69 Å². The SMILES string of the molecule is CC(NC(=O)N1CCn2cccc2C1C)c1ccc(Br)cn1. The van der Waals surface area contributed by atoms with Crippen LogP contribution in [0.3, 0.4) is 0 Å². The Kier molecular flexibility index (Phi) is 4.20. The lowest BCUT2D eigenvalue weighted by atomic mass is 10.1. The standard InChI is InChI=1S/C16H19BrN4O/c1-11(14-6-5-13(17)10-18-14)19-16(22)21-9-8-20-7-3-4-15(20)12(21)2/h3-7,10-12H,8-9H2,1-2H3,(H,19,22). The van der Waals surface area contributed by atoms with E-state index in [9.17, 15) is 4.79 Å². The molecule has 5 nitrogen and oxygen atoms in total. The molecule has 0 aromatic carbocycles. The smallest absolute Gasteiger partial charge is 0.318 e. The van der Waals surface area contributed by atoms with Crippen molar-refractivity contribution in [3.63, 3.8) is 0 Å². The Balaban J connectivity index is 1.68. The summed E-state index contributed by atoms with van der Waals surface area (Å²) in [5.41, 5.74) is 2.03. The highest BCUT2D eigenvalue weighted by Gasteiger charge is 2.28. The number of amides is 2. The van der Waals surface area contributed by atoms with Crippen LogP contribution in [0.25, 0.3) is 0 Å². The molecule has 1 aliphatic heterocycles. The maximum Gasteiger partial charge on any atom is 0.318 e. The third-order valence-corrected chi connectivity index (χ3v) is 4.61. The fraction of sp³-hybridized carbons (Fsp3) is 0.375. The van der Waals surface area contributed by atoms with Gasteiger partial charge in [0.1, 0.15) is 0 Å². The van der Waals surface area contributed by atoms with Gasteiger partial charge in [0.15, 0.2) is 0 Å². The van der Waals surface area contributed by atoms with Gasteiger partial charge in [-0.3, -0.25) is 4.98 Å². The molecule has 116 valence electrons. The van der Waals surface area contributed by atoms with Crippen molar-refractivity contribution >= 4 is 22.0 Å². The van der Waals surface area contributed by atoms with Gasteiger partial charge in [-0.25, -0.2) is 4.79 Å². The first-order valence-electron chi connectivity index (χ1n) is 7.40. The molecule has 2 atom stereocenters. The van der Waals surface area contributed by atoms with Crippen LogP contribution in [0, 0.1) is 0 Å². The molecule has 3 rings (SSSR count). The van der Waals surface area contributed by atoms with E-state index in [4.69, 9.17) is 0 Å². The molecule has 0 radical (unpaired) electrons. The average Bonchev–Trinajstić information content (AvgIpc) is 2.97. The highest BCUT2D eigenvalue weighted by atomic mass is 79.9. The summed E-state index contributed by atoms with van der Waals surface area (Å²) >= 11 is 3.37. The first-order chi connectivity index (χ1) is 10.6. The molecule has 1 aliphatic rings. The van der Waals surface area contributed by atoms with Crippen LogP contribution in [0.4, 0.5) is 4.79 Å². The van der Waals surface area contributed by atoms with Gasteiger partial charge in [0, 0.05) is 35.6 Å². The lowest BCUT2D eigenvalue weighted by Gasteiger charge is -2.35. The Labute approximate surface area is 138 Å². The second-order valence-corrected chi connectivity index (χ2v) is 6.48. The number of urea groups is 1. The molecule has 0 saturated heterocycles. The Bertz CT molecular complexity index is 667. The normalized spacial score (nSPS) is 18.7. The average molecular weight is 363 g/mol. The number of pyridine rings is 1. The molecule has 2 aromatic heterocycles. The van der Waals surface area contributed by atoms with E-state index in [1.54, 1.807) is 6.20 Å². The van der Waals surface area contributed by atoms with Gasteiger partial charge >= 0.3 is 6.03 Å². The predicted molar refractivity (Wildman–Crippen MR) is 88.4 cm³/mol. The van der Waals surface area contributed by atoms with Crippen LogP contribution < -0.4 is 5.32 Å². The molecule has 0 bridgehead atoms. The van der Waals surface area contributed by atoms with Crippen LogP contribution in [0.2, 0.25) is 0 Å². The lowest BCUT2D eigenvalue weighted by Crippen LogP contribution is -2.46. The molecule has 0 fully saturated rings. The number of rotatable bonds is 2. The number of carbonyl (C=O) groups excluding carboxylic acids is 1. The fourth-order valence-corrected chi connectivity index (χ4v) is 3.08. The summed E-state index contributed by atoms with van der Waals surface area (Å²) in [6.45, 7) is 5.57. The lowest BCUT2D eigenvalue weighted by molar-refractivity contribution is 0.159. The summed E-state index contributed by atoms with van der Waals surface area (Å²) in [5, 5.41) is 3.04. The van der Waals surface area contributed by atoms with E-state index >= 15 is 0 Å². The molecule has 0 spiro atoms. The first kappa shape index (κ1) is 15.1. The van der Waals surface area contributed by atoms with E-state index in [-0.39, 0.29) is 18.1 Å². The van der Waals surface area contributed by atoms with Crippen molar-refractivity contribution in [1.29, 1.82) is 0 Å². The quantitative estimate of drug-likeness (QED) is 0.888. The summed E-state index contributed by atoms with van der Waals surface area (Å²) in [5.74, 6) is 0. The number of fused-ring (bicyclic) bond motifs is 1.